The summed E-state index contributed by atoms with van der Waals surface area (Å²) in [6.45, 7) is 2.96. The summed E-state index contributed by atoms with van der Waals surface area (Å²) >= 11 is 6.14. The number of para-hydroxylation sites is 2. The van der Waals surface area contributed by atoms with Crippen molar-refractivity contribution in [2.45, 2.75) is 6.92 Å². The lowest BCUT2D eigenvalue weighted by atomic mass is 10.2. The van der Waals surface area contributed by atoms with E-state index in [1.807, 2.05) is 31.2 Å². The number of carbonyl (C=O) groups excluding carboxylic acids is 1. The SMILES string of the molecule is COC(=O)c1cccc(Cl)c1NCCOc1ccccc1C. The molecule has 4 nitrogen and oxygen atoms in total. The molecule has 0 bridgehead atoms. The molecular weight excluding hydrogens is 302 g/mol. The van der Waals surface area contributed by atoms with Crippen molar-refractivity contribution < 1.29 is 14.3 Å². The van der Waals surface area contributed by atoms with E-state index in [1.54, 1.807) is 18.2 Å². The Hall–Kier alpha value is -2.20. The first-order valence-electron chi connectivity index (χ1n) is 6.92. The first kappa shape index (κ1) is 16.2. The summed E-state index contributed by atoms with van der Waals surface area (Å²) in [5, 5.41) is 3.60. The van der Waals surface area contributed by atoms with Crippen LogP contribution >= 0.6 is 11.6 Å². The Morgan fingerprint density at radius 3 is 2.68 bits per heavy atom. The molecular formula is C17H18ClNO3. The van der Waals surface area contributed by atoms with Crippen LogP contribution in [0.2, 0.25) is 5.02 Å². The Kier molecular flexibility index (Phi) is 5.67. The van der Waals surface area contributed by atoms with Gasteiger partial charge < -0.3 is 14.8 Å². The molecule has 5 heteroatoms. The Morgan fingerprint density at radius 2 is 1.95 bits per heavy atom. The van der Waals surface area contributed by atoms with Crippen molar-refractivity contribution in [3.05, 3.63) is 58.6 Å². The molecule has 0 spiro atoms. The van der Waals surface area contributed by atoms with Crippen LogP contribution in [0.15, 0.2) is 42.5 Å². The van der Waals surface area contributed by atoms with Crippen LogP contribution in [0.1, 0.15) is 15.9 Å². The predicted octanol–water partition coefficient (Wildman–Crippen LogP) is 3.93. The van der Waals surface area contributed by atoms with E-state index >= 15 is 0 Å². The lowest BCUT2D eigenvalue weighted by molar-refractivity contribution is 0.0602. The van der Waals surface area contributed by atoms with Gasteiger partial charge in [-0.3, -0.25) is 0 Å². The molecule has 0 aromatic heterocycles. The maximum absolute atomic E-state index is 11.7. The maximum atomic E-state index is 11.7. The van der Waals surface area contributed by atoms with E-state index in [1.165, 1.54) is 7.11 Å². The first-order chi connectivity index (χ1) is 10.6. The van der Waals surface area contributed by atoms with E-state index in [4.69, 9.17) is 21.1 Å². The van der Waals surface area contributed by atoms with E-state index < -0.39 is 5.97 Å². The molecule has 0 radical (unpaired) electrons. The van der Waals surface area contributed by atoms with Crippen LogP contribution in [-0.4, -0.2) is 26.2 Å². The molecule has 0 fully saturated rings. The third-order valence-electron chi connectivity index (χ3n) is 3.17. The van der Waals surface area contributed by atoms with Crippen molar-refractivity contribution in [2.75, 3.05) is 25.6 Å². The number of carbonyl (C=O) groups is 1. The first-order valence-corrected chi connectivity index (χ1v) is 7.30. The zero-order chi connectivity index (χ0) is 15.9. The van der Waals surface area contributed by atoms with Crippen LogP contribution in [0.4, 0.5) is 5.69 Å². The monoisotopic (exact) mass is 319 g/mol. The summed E-state index contributed by atoms with van der Waals surface area (Å²) in [4.78, 5) is 11.7. The standard InChI is InChI=1S/C17H18ClNO3/c1-12-6-3-4-9-15(12)22-11-10-19-16-13(17(20)21-2)7-5-8-14(16)18/h3-9,19H,10-11H2,1-2H3. The summed E-state index contributed by atoms with van der Waals surface area (Å²) in [5.74, 6) is 0.418. The van der Waals surface area contributed by atoms with Gasteiger partial charge in [-0.15, -0.1) is 0 Å². The number of hydrogen-bond donors (Lipinski definition) is 1. The minimum Gasteiger partial charge on any atom is -0.491 e. The third kappa shape index (κ3) is 3.92. The van der Waals surface area contributed by atoms with Gasteiger partial charge in [-0.25, -0.2) is 4.79 Å². The van der Waals surface area contributed by atoms with Crippen LogP contribution in [0.3, 0.4) is 0 Å². The number of esters is 1. The summed E-state index contributed by atoms with van der Waals surface area (Å²) in [6.07, 6.45) is 0. The van der Waals surface area contributed by atoms with Crippen molar-refractivity contribution in [3.63, 3.8) is 0 Å². The Bertz CT molecular complexity index is 658. The number of halogens is 1. The van der Waals surface area contributed by atoms with Crippen molar-refractivity contribution >= 4 is 23.3 Å². The molecule has 0 amide bonds. The fourth-order valence-electron chi connectivity index (χ4n) is 2.04. The van der Waals surface area contributed by atoms with Gasteiger partial charge in [0.2, 0.25) is 0 Å². The molecule has 2 aromatic rings. The molecule has 0 unspecified atom stereocenters. The number of benzene rings is 2. The number of rotatable bonds is 6. The lowest BCUT2D eigenvalue weighted by Gasteiger charge is -2.13. The molecule has 0 aliphatic heterocycles. The Balaban J connectivity index is 1.97. The minimum absolute atomic E-state index is 0.408. The highest BCUT2D eigenvalue weighted by Crippen LogP contribution is 2.26. The molecule has 0 heterocycles. The molecule has 116 valence electrons. The van der Waals surface area contributed by atoms with Crippen molar-refractivity contribution in [2.24, 2.45) is 0 Å². The highest BCUT2D eigenvalue weighted by Gasteiger charge is 2.14. The van der Waals surface area contributed by atoms with Crippen molar-refractivity contribution in [3.8, 4) is 5.75 Å². The highest BCUT2D eigenvalue weighted by molar-refractivity contribution is 6.34. The van der Waals surface area contributed by atoms with E-state index in [0.29, 0.717) is 29.4 Å². The molecule has 1 N–H and O–H groups in total. The van der Waals surface area contributed by atoms with Gasteiger partial charge in [0.15, 0.2) is 0 Å². The number of anilines is 1. The summed E-state index contributed by atoms with van der Waals surface area (Å²) in [6, 6.07) is 12.9. The van der Waals surface area contributed by atoms with Crippen LogP contribution in [0.25, 0.3) is 0 Å². The van der Waals surface area contributed by atoms with Gasteiger partial charge in [0.25, 0.3) is 0 Å². The molecule has 2 rings (SSSR count). The normalized spacial score (nSPS) is 10.1. The van der Waals surface area contributed by atoms with Gasteiger partial charge in [-0.1, -0.05) is 35.9 Å². The summed E-state index contributed by atoms with van der Waals surface area (Å²) in [5.41, 5.74) is 2.05. The van der Waals surface area contributed by atoms with Crippen molar-refractivity contribution in [1.82, 2.24) is 0 Å². The van der Waals surface area contributed by atoms with E-state index in [0.717, 1.165) is 11.3 Å². The van der Waals surface area contributed by atoms with E-state index in [9.17, 15) is 4.79 Å². The molecule has 0 saturated carbocycles. The number of methoxy groups -OCH3 is 1. The summed E-state index contributed by atoms with van der Waals surface area (Å²) < 4.78 is 10.5. The van der Waals surface area contributed by atoms with Crippen LogP contribution < -0.4 is 10.1 Å². The number of hydrogen-bond acceptors (Lipinski definition) is 4. The van der Waals surface area contributed by atoms with Gasteiger partial charge in [-0.2, -0.15) is 0 Å². The molecule has 0 aliphatic rings. The largest absolute Gasteiger partial charge is 0.491 e. The smallest absolute Gasteiger partial charge is 0.340 e. The molecule has 22 heavy (non-hydrogen) atoms. The minimum atomic E-state index is -0.426. The summed E-state index contributed by atoms with van der Waals surface area (Å²) in [7, 11) is 1.34. The fraction of sp³-hybridized carbons (Fsp3) is 0.235. The molecule has 0 atom stereocenters. The topological polar surface area (TPSA) is 47.6 Å². The van der Waals surface area contributed by atoms with Crippen LogP contribution in [0.5, 0.6) is 5.75 Å². The van der Waals surface area contributed by atoms with Gasteiger partial charge in [0.1, 0.15) is 12.4 Å². The average molecular weight is 320 g/mol. The van der Waals surface area contributed by atoms with Crippen molar-refractivity contribution in [1.29, 1.82) is 0 Å². The zero-order valence-corrected chi connectivity index (χ0v) is 13.3. The number of aryl methyl sites for hydroxylation is 1. The molecule has 0 saturated heterocycles. The lowest BCUT2D eigenvalue weighted by Crippen LogP contribution is -2.15. The second-order valence-electron chi connectivity index (χ2n) is 4.69. The van der Waals surface area contributed by atoms with E-state index in [-0.39, 0.29) is 0 Å². The fourth-order valence-corrected chi connectivity index (χ4v) is 2.28. The number of nitrogens with one attached hydrogen (secondary N) is 1. The second kappa shape index (κ2) is 7.71. The van der Waals surface area contributed by atoms with E-state index in [2.05, 4.69) is 5.32 Å². The highest BCUT2D eigenvalue weighted by atomic mass is 35.5. The Labute approximate surface area is 135 Å². The van der Waals surface area contributed by atoms with Crippen LogP contribution in [-0.2, 0) is 4.74 Å². The Morgan fingerprint density at radius 1 is 1.18 bits per heavy atom. The molecule has 0 aliphatic carbocycles. The third-order valence-corrected chi connectivity index (χ3v) is 3.49. The van der Waals surface area contributed by atoms with Gasteiger partial charge in [-0.05, 0) is 30.7 Å². The zero-order valence-electron chi connectivity index (χ0n) is 12.6. The van der Waals surface area contributed by atoms with Gasteiger partial charge in [0, 0.05) is 6.54 Å². The van der Waals surface area contributed by atoms with Crippen LogP contribution in [0, 0.1) is 6.92 Å². The van der Waals surface area contributed by atoms with Gasteiger partial charge in [0.05, 0.1) is 23.4 Å². The molecule has 2 aromatic carbocycles. The second-order valence-corrected chi connectivity index (χ2v) is 5.10. The maximum Gasteiger partial charge on any atom is 0.340 e. The van der Waals surface area contributed by atoms with Gasteiger partial charge >= 0.3 is 5.97 Å². The quantitative estimate of drug-likeness (QED) is 0.647. The predicted molar refractivity (Wildman–Crippen MR) is 88.0 cm³/mol. The average Bonchev–Trinajstić information content (AvgIpc) is 2.53. The number of ether oxygens (including phenoxy) is 2.